The Morgan fingerprint density at radius 3 is 2.94 bits per heavy atom. The smallest absolute Gasteiger partial charge is 0.228 e. The van der Waals surface area contributed by atoms with Crippen molar-refractivity contribution >= 4 is 23.2 Å². The summed E-state index contributed by atoms with van der Waals surface area (Å²) in [6.45, 7) is 3.83. The van der Waals surface area contributed by atoms with Gasteiger partial charge in [-0.1, -0.05) is 0 Å². The van der Waals surface area contributed by atoms with Crippen LogP contribution in [0.1, 0.15) is 18.9 Å². The molecule has 2 amide bonds. The van der Waals surface area contributed by atoms with Crippen molar-refractivity contribution in [2.45, 2.75) is 19.9 Å². The number of amides is 2. The molecule has 1 aromatic heterocycles. The minimum absolute atomic E-state index is 0.0745. The zero-order chi connectivity index (χ0) is 13.1. The van der Waals surface area contributed by atoms with Crippen LogP contribution >= 0.6 is 11.3 Å². The van der Waals surface area contributed by atoms with E-state index in [1.165, 1.54) is 0 Å². The Kier molecular flexibility index (Phi) is 4.01. The lowest BCUT2D eigenvalue weighted by Crippen LogP contribution is -2.34. The zero-order valence-corrected chi connectivity index (χ0v) is 11.6. The van der Waals surface area contributed by atoms with Crippen molar-refractivity contribution in [3.05, 3.63) is 22.4 Å². The van der Waals surface area contributed by atoms with Crippen molar-refractivity contribution in [3.63, 3.8) is 0 Å². The van der Waals surface area contributed by atoms with Gasteiger partial charge in [-0.05, 0) is 29.3 Å². The van der Waals surface area contributed by atoms with Gasteiger partial charge in [-0.15, -0.1) is 0 Å². The third kappa shape index (κ3) is 2.72. The molecule has 0 radical (unpaired) electrons. The Hall–Kier alpha value is -1.36. The average molecular weight is 266 g/mol. The standard InChI is InChI=1S/C13H18N2O2S/c1-3-15-8-11(6-12(15)16)13(17)14(2)7-10-4-5-18-9-10/h4-5,9,11H,3,6-8H2,1-2H3/t11-/m1/s1. The summed E-state index contributed by atoms with van der Waals surface area (Å²) in [6, 6.07) is 2.02. The van der Waals surface area contributed by atoms with Crippen LogP contribution in [0.2, 0.25) is 0 Å². The molecule has 0 aromatic carbocycles. The van der Waals surface area contributed by atoms with Crippen LogP contribution in [0.15, 0.2) is 16.8 Å². The predicted octanol–water partition coefficient (Wildman–Crippen LogP) is 1.57. The zero-order valence-electron chi connectivity index (χ0n) is 10.8. The fourth-order valence-corrected chi connectivity index (χ4v) is 2.95. The fraction of sp³-hybridized carbons (Fsp3) is 0.538. The molecular weight excluding hydrogens is 248 g/mol. The highest BCUT2D eigenvalue weighted by Gasteiger charge is 2.34. The Morgan fingerprint density at radius 1 is 1.61 bits per heavy atom. The van der Waals surface area contributed by atoms with E-state index in [4.69, 9.17) is 0 Å². The highest BCUT2D eigenvalue weighted by atomic mass is 32.1. The normalized spacial score (nSPS) is 19.3. The largest absolute Gasteiger partial charge is 0.342 e. The molecule has 98 valence electrons. The van der Waals surface area contributed by atoms with Crippen molar-refractivity contribution in [3.8, 4) is 0 Å². The third-order valence-electron chi connectivity index (χ3n) is 3.32. The van der Waals surface area contributed by atoms with E-state index in [1.54, 1.807) is 28.2 Å². The molecule has 0 bridgehead atoms. The number of hydrogen-bond donors (Lipinski definition) is 0. The third-order valence-corrected chi connectivity index (χ3v) is 4.05. The van der Waals surface area contributed by atoms with Crippen LogP contribution in [0.25, 0.3) is 0 Å². The molecule has 0 N–H and O–H groups in total. The van der Waals surface area contributed by atoms with E-state index in [-0.39, 0.29) is 17.7 Å². The van der Waals surface area contributed by atoms with E-state index < -0.39 is 0 Å². The molecule has 1 aliphatic rings. The summed E-state index contributed by atoms with van der Waals surface area (Å²) in [5.41, 5.74) is 1.15. The quantitative estimate of drug-likeness (QED) is 0.830. The Bertz CT molecular complexity index is 430. The van der Waals surface area contributed by atoms with Gasteiger partial charge in [-0.2, -0.15) is 11.3 Å². The molecule has 4 nitrogen and oxygen atoms in total. The van der Waals surface area contributed by atoms with Crippen molar-refractivity contribution in [2.75, 3.05) is 20.1 Å². The maximum absolute atomic E-state index is 12.2. The minimum atomic E-state index is -0.166. The molecular formula is C13H18N2O2S. The molecule has 0 unspecified atom stereocenters. The van der Waals surface area contributed by atoms with Gasteiger partial charge in [0.05, 0.1) is 5.92 Å². The van der Waals surface area contributed by atoms with Crippen molar-refractivity contribution in [2.24, 2.45) is 5.92 Å². The number of thiophene rings is 1. The maximum atomic E-state index is 12.2. The second-order valence-electron chi connectivity index (χ2n) is 4.66. The topological polar surface area (TPSA) is 40.6 Å². The summed E-state index contributed by atoms with van der Waals surface area (Å²) in [5.74, 6) is 0.00590. The van der Waals surface area contributed by atoms with E-state index in [0.717, 1.165) is 5.56 Å². The maximum Gasteiger partial charge on any atom is 0.228 e. The molecule has 1 aliphatic heterocycles. The summed E-state index contributed by atoms with van der Waals surface area (Å²) in [7, 11) is 1.80. The number of likely N-dealkylation sites (tertiary alicyclic amines) is 1. The summed E-state index contributed by atoms with van der Waals surface area (Å²) >= 11 is 1.63. The summed E-state index contributed by atoms with van der Waals surface area (Å²) < 4.78 is 0. The molecule has 1 aromatic rings. The van der Waals surface area contributed by atoms with Gasteiger partial charge >= 0.3 is 0 Å². The SMILES string of the molecule is CCN1C[C@H](C(=O)N(C)Cc2ccsc2)CC1=O. The van der Waals surface area contributed by atoms with Crippen LogP contribution < -0.4 is 0 Å². The summed E-state index contributed by atoms with van der Waals surface area (Å²) in [5, 5.41) is 4.05. The minimum Gasteiger partial charge on any atom is -0.342 e. The lowest BCUT2D eigenvalue weighted by atomic mass is 10.1. The van der Waals surface area contributed by atoms with Crippen LogP contribution in [0.5, 0.6) is 0 Å². The molecule has 1 saturated heterocycles. The molecule has 2 heterocycles. The van der Waals surface area contributed by atoms with Gasteiger partial charge < -0.3 is 9.80 Å². The van der Waals surface area contributed by atoms with Gasteiger partial charge in [-0.25, -0.2) is 0 Å². The summed E-state index contributed by atoms with van der Waals surface area (Å²) in [4.78, 5) is 27.3. The highest BCUT2D eigenvalue weighted by Crippen LogP contribution is 2.20. The Labute approximate surface area is 111 Å². The van der Waals surface area contributed by atoms with Crippen LogP contribution in [0.4, 0.5) is 0 Å². The molecule has 0 spiro atoms. The van der Waals surface area contributed by atoms with E-state index in [9.17, 15) is 9.59 Å². The Balaban J connectivity index is 1.93. The average Bonchev–Trinajstić information content (AvgIpc) is 2.97. The van der Waals surface area contributed by atoms with Crippen LogP contribution in [0.3, 0.4) is 0 Å². The van der Waals surface area contributed by atoms with E-state index in [0.29, 0.717) is 26.1 Å². The monoisotopic (exact) mass is 266 g/mol. The van der Waals surface area contributed by atoms with Crippen molar-refractivity contribution < 1.29 is 9.59 Å². The van der Waals surface area contributed by atoms with Crippen molar-refractivity contribution in [1.29, 1.82) is 0 Å². The van der Waals surface area contributed by atoms with Crippen molar-refractivity contribution in [1.82, 2.24) is 9.80 Å². The number of rotatable bonds is 4. The highest BCUT2D eigenvalue weighted by molar-refractivity contribution is 7.07. The fourth-order valence-electron chi connectivity index (χ4n) is 2.29. The van der Waals surface area contributed by atoms with Crippen LogP contribution in [-0.4, -0.2) is 41.8 Å². The predicted molar refractivity (Wildman–Crippen MR) is 71.2 cm³/mol. The van der Waals surface area contributed by atoms with Gasteiger partial charge in [0, 0.05) is 33.1 Å². The van der Waals surface area contributed by atoms with Gasteiger partial charge in [-0.3, -0.25) is 9.59 Å². The van der Waals surface area contributed by atoms with Crippen LogP contribution in [0, 0.1) is 5.92 Å². The molecule has 1 fully saturated rings. The first-order chi connectivity index (χ1) is 8.61. The molecule has 18 heavy (non-hydrogen) atoms. The molecule has 0 aliphatic carbocycles. The second kappa shape index (κ2) is 5.52. The van der Waals surface area contributed by atoms with Gasteiger partial charge in [0.15, 0.2) is 0 Å². The number of nitrogens with zero attached hydrogens (tertiary/aromatic N) is 2. The van der Waals surface area contributed by atoms with E-state index in [2.05, 4.69) is 0 Å². The Morgan fingerprint density at radius 2 is 2.39 bits per heavy atom. The van der Waals surface area contributed by atoms with Gasteiger partial charge in [0.1, 0.15) is 0 Å². The molecule has 1 atom stereocenters. The lowest BCUT2D eigenvalue weighted by Gasteiger charge is -2.20. The first-order valence-corrected chi connectivity index (χ1v) is 7.10. The second-order valence-corrected chi connectivity index (χ2v) is 5.44. The van der Waals surface area contributed by atoms with E-state index >= 15 is 0 Å². The number of carbonyl (C=O) groups excluding carboxylic acids is 2. The van der Waals surface area contributed by atoms with E-state index in [1.807, 2.05) is 23.8 Å². The molecule has 0 saturated carbocycles. The number of hydrogen-bond acceptors (Lipinski definition) is 3. The van der Waals surface area contributed by atoms with Gasteiger partial charge in [0.25, 0.3) is 0 Å². The van der Waals surface area contributed by atoms with Gasteiger partial charge in [0.2, 0.25) is 11.8 Å². The lowest BCUT2D eigenvalue weighted by molar-refractivity contribution is -0.135. The number of carbonyl (C=O) groups is 2. The molecule has 5 heteroatoms. The first-order valence-electron chi connectivity index (χ1n) is 6.15. The molecule has 2 rings (SSSR count). The first kappa shape index (κ1) is 13.1. The summed E-state index contributed by atoms with van der Waals surface area (Å²) in [6.07, 6.45) is 0.362. The van der Waals surface area contributed by atoms with Crippen LogP contribution in [-0.2, 0) is 16.1 Å².